The first-order valence-electron chi connectivity index (χ1n) is 9.95. The molecule has 0 radical (unpaired) electrons. The Hall–Kier alpha value is -1.20. The Morgan fingerprint density at radius 2 is 2.03 bits per heavy atom. The number of aliphatic hydroxyl groups excluding tert-OH is 1. The van der Waals surface area contributed by atoms with E-state index in [0.29, 0.717) is 18.1 Å². The molecule has 0 aliphatic carbocycles. The molecular weight excluding hydrogens is 493 g/mol. The first kappa shape index (κ1) is 25.8. The minimum absolute atomic E-state index is 0. The largest absolute Gasteiger partial charge is 0.434 e. The molecule has 0 unspecified atom stereocenters. The third kappa shape index (κ3) is 9.90. The van der Waals surface area contributed by atoms with Crippen LogP contribution in [0.2, 0.25) is 0 Å². The molecule has 0 aromatic heterocycles. The van der Waals surface area contributed by atoms with Crippen LogP contribution in [0.3, 0.4) is 0 Å². The van der Waals surface area contributed by atoms with Crippen molar-refractivity contribution >= 4 is 29.9 Å². The lowest BCUT2D eigenvalue weighted by Crippen LogP contribution is -2.40. The number of piperidine rings is 1. The van der Waals surface area contributed by atoms with Gasteiger partial charge < -0.3 is 25.4 Å². The number of nitrogens with zero attached hydrogens (tertiary/aromatic N) is 2. The standard InChI is InChI=1S/C20H32F2N4O2.HI/c1-3-23-20(24-9-4-10-26-11-7-17(27)8-12-26)25-14-16-13-15(2)5-6-18(16)28-19(21)22;/h5-6,13,17,19,27H,3-4,7-12,14H2,1-2H3,(H2,23,24,25);1H. The molecule has 1 saturated heterocycles. The fourth-order valence-electron chi connectivity index (χ4n) is 3.20. The summed E-state index contributed by atoms with van der Waals surface area (Å²) >= 11 is 0. The first-order valence-corrected chi connectivity index (χ1v) is 9.95. The minimum atomic E-state index is -2.85. The van der Waals surface area contributed by atoms with Crippen molar-refractivity contribution < 1.29 is 18.6 Å². The smallest absolute Gasteiger partial charge is 0.387 e. The maximum Gasteiger partial charge on any atom is 0.387 e. The second kappa shape index (κ2) is 13.9. The number of benzene rings is 1. The number of hydrogen-bond donors (Lipinski definition) is 3. The Morgan fingerprint density at radius 3 is 2.69 bits per heavy atom. The van der Waals surface area contributed by atoms with Crippen molar-refractivity contribution in [3.63, 3.8) is 0 Å². The van der Waals surface area contributed by atoms with Crippen LogP contribution in [-0.4, -0.2) is 61.4 Å². The van der Waals surface area contributed by atoms with Crippen molar-refractivity contribution in [1.82, 2.24) is 15.5 Å². The molecule has 0 saturated carbocycles. The summed E-state index contributed by atoms with van der Waals surface area (Å²) in [5, 5.41) is 16.0. The fourth-order valence-corrected chi connectivity index (χ4v) is 3.20. The summed E-state index contributed by atoms with van der Waals surface area (Å²) < 4.78 is 29.8. The van der Waals surface area contributed by atoms with Gasteiger partial charge in [-0.15, -0.1) is 24.0 Å². The van der Waals surface area contributed by atoms with E-state index in [1.807, 2.05) is 19.9 Å². The van der Waals surface area contributed by atoms with Crippen LogP contribution in [-0.2, 0) is 6.54 Å². The molecule has 1 heterocycles. The SMILES string of the molecule is CCNC(=NCc1cc(C)ccc1OC(F)F)NCCCN1CCC(O)CC1.I. The van der Waals surface area contributed by atoms with Gasteiger partial charge in [-0.1, -0.05) is 17.7 Å². The number of ether oxygens (including phenoxy) is 1. The van der Waals surface area contributed by atoms with Gasteiger partial charge >= 0.3 is 6.61 Å². The summed E-state index contributed by atoms with van der Waals surface area (Å²) in [5.41, 5.74) is 1.60. The maximum atomic E-state index is 12.6. The second-order valence-electron chi connectivity index (χ2n) is 7.04. The number of alkyl halides is 2. The molecule has 2 rings (SSSR count). The monoisotopic (exact) mass is 526 g/mol. The highest BCUT2D eigenvalue weighted by molar-refractivity contribution is 14.0. The van der Waals surface area contributed by atoms with Gasteiger partial charge in [0.25, 0.3) is 0 Å². The van der Waals surface area contributed by atoms with Gasteiger partial charge in [-0.2, -0.15) is 8.78 Å². The number of guanidine groups is 1. The van der Waals surface area contributed by atoms with E-state index in [4.69, 9.17) is 0 Å². The lowest BCUT2D eigenvalue weighted by atomic mass is 10.1. The Balaban J connectivity index is 0.00000420. The molecule has 1 aromatic carbocycles. The highest BCUT2D eigenvalue weighted by Crippen LogP contribution is 2.22. The van der Waals surface area contributed by atoms with Crippen molar-refractivity contribution in [2.45, 2.75) is 52.4 Å². The lowest BCUT2D eigenvalue weighted by Gasteiger charge is -2.29. The van der Waals surface area contributed by atoms with Crippen LogP contribution in [0.5, 0.6) is 5.75 Å². The number of nitrogens with one attached hydrogen (secondary N) is 2. The summed E-state index contributed by atoms with van der Waals surface area (Å²) in [4.78, 5) is 6.87. The minimum Gasteiger partial charge on any atom is -0.434 e. The molecule has 0 bridgehead atoms. The Morgan fingerprint density at radius 1 is 1.31 bits per heavy atom. The zero-order valence-corrected chi connectivity index (χ0v) is 19.5. The summed E-state index contributed by atoms with van der Waals surface area (Å²) in [7, 11) is 0. The summed E-state index contributed by atoms with van der Waals surface area (Å²) in [6.45, 7) is 5.62. The van der Waals surface area contributed by atoms with Crippen LogP contribution in [0.4, 0.5) is 8.78 Å². The van der Waals surface area contributed by atoms with Crippen LogP contribution in [0.25, 0.3) is 0 Å². The topological polar surface area (TPSA) is 69.1 Å². The normalized spacial score (nSPS) is 15.9. The van der Waals surface area contributed by atoms with Crippen molar-refractivity contribution in [3.05, 3.63) is 29.3 Å². The highest BCUT2D eigenvalue weighted by atomic mass is 127. The third-order valence-corrected chi connectivity index (χ3v) is 4.68. The molecule has 0 amide bonds. The van der Waals surface area contributed by atoms with Crippen molar-refractivity contribution in [2.24, 2.45) is 4.99 Å². The Labute approximate surface area is 189 Å². The molecule has 6 nitrogen and oxygen atoms in total. The second-order valence-corrected chi connectivity index (χ2v) is 7.04. The van der Waals surface area contributed by atoms with Gasteiger partial charge in [0.1, 0.15) is 5.75 Å². The van der Waals surface area contributed by atoms with Crippen molar-refractivity contribution in [2.75, 3.05) is 32.7 Å². The lowest BCUT2D eigenvalue weighted by molar-refractivity contribution is -0.0504. The van der Waals surface area contributed by atoms with E-state index in [2.05, 4.69) is 25.3 Å². The average Bonchev–Trinajstić information content (AvgIpc) is 2.66. The Kier molecular flexibility index (Phi) is 12.4. The van der Waals surface area contributed by atoms with Gasteiger partial charge in [-0.25, -0.2) is 4.99 Å². The molecule has 166 valence electrons. The molecule has 1 aliphatic rings. The number of halogens is 3. The predicted molar refractivity (Wildman–Crippen MR) is 122 cm³/mol. The maximum absolute atomic E-state index is 12.6. The number of rotatable bonds is 9. The molecule has 0 atom stereocenters. The number of aliphatic imine (C=N–C) groups is 1. The molecular formula is C20H33F2IN4O2. The highest BCUT2D eigenvalue weighted by Gasteiger charge is 2.16. The fraction of sp³-hybridized carbons (Fsp3) is 0.650. The van der Waals surface area contributed by atoms with E-state index in [1.54, 1.807) is 12.1 Å². The van der Waals surface area contributed by atoms with Crippen LogP contribution in [0.15, 0.2) is 23.2 Å². The predicted octanol–water partition coefficient (Wildman–Crippen LogP) is 3.12. The van der Waals surface area contributed by atoms with E-state index in [9.17, 15) is 13.9 Å². The molecule has 9 heteroatoms. The van der Waals surface area contributed by atoms with Gasteiger partial charge in [-0.3, -0.25) is 0 Å². The van der Waals surface area contributed by atoms with Crippen LogP contribution >= 0.6 is 24.0 Å². The molecule has 3 N–H and O–H groups in total. The third-order valence-electron chi connectivity index (χ3n) is 4.68. The zero-order valence-electron chi connectivity index (χ0n) is 17.2. The molecule has 29 heavy (non-hydrogen) atoms. The van der Waals surface area contributed by atoms with Crippen LogP contribution in [0.1, 0.15) is 37.3 Å². The van der Waals surface area contributed by atoms with Crippen LogP contribution < -0.4 is 15.4 Å². The van der Waals surface area contributed by atoms with Gasteiger partial charge in [0, 0.05) is 31.7 Å². The zero-order chi connectivity index (χ0) is 20.4. The Bertz CT molecular complexity index is 626. The van der Waals surface area contributed by atoms with Crippen LogP contribution in [0, 0.1) is 6.92 Å². The van der Waals surface area contributed by atoms with Crippen molar-refractivity contribution in [3.8, 4) is 5.75 Å². The van der Waals surface area contributed by atoms with Gasteiger partial charge in [0.05, 0.1) is 12.6 Å². The first-order chi connectivity index (χ1) is 13.5. The quantitative estimate of drug-likeness (QED) is 0.200. The van der Waals surface area contributed by atoms with E-state index >= 15 is 0 Å². The van der Waals surface area contributed by atoms with Gasteiger partial charge in [0.15, 0.2) is 5.96 Å². The molecule has 0 spiro atoms. The van der Waals surface area contributed by atoms with E-state index in [1.165, 1.54) is 0 Å². The molecule has 1 aromatic rings. The number of likely N-dealkylation sites (tertiary alicyclic amines) is 1. The van der Waals surface area contributed by atoms with Gasteiger partial charge in [0.2, 0.25) is 0 Å². The summed E-state index contributed by atoms with van der Waals surface area (Å²) in [6, 6.07) is 5.12. The summed E-state index contributed by atoms with van der Waals surface area (Å²) in [5.74, 6) is 0.813. The number of aryl methyl sites for hydroxylation is 1. The number of hydrogen-bond acceptors (Lipinski definition) is 4. The van der Waals surface area contributed by atoms with Gasteiger partial charge in [-0.05, 0) is 45.7 Å². The average molecular weight is 526 g/mol. The van der Waals surface area contributed by atoms with E-state index in [-0.39, 0.29) is 42.4 Å². The van der Waals surface area contributed by atoms with E-state index < -0.39 is 6.61 Å². The molecule has 1 aliphatic heterocycles. The number of aliphatic hydroxyl groups is 1. The molecule has 1 fully saturated rings. The van der Waals surface area contributed by atoms with Crippen molar-refractivity contribution in [1.29, 1.82) is 0 Å². The summed E-state index contributed by atoms with van der Waals surface area (Å²) in [6.07, 6.45) is 2.50. The van der Waals surface area contributed by atoms with E-state index in [0.717, 1.165) is 51.0 Å².